The molecule has 0 heterocycles. The molecule has 0 fully saturated rings. The molecular weight excluding hydrogens is 386 g/mol. The Morgan fingerprint density at radius 2 is 1.73 bits per heavy atom. The number of anilines is 1. The number of amides is 2. The van der Waals surface area contributed by atoms with Gasteiger partial charge < -0.3 is 31.9 Å². The van der Waals surface area contributed by atoms with Gasteiger partial charge in [-0.05, 0) is 36.1 Å². The van der Waals surface area contributed by atoms with Gasteiger partial charge in [0.15, 0.2) is 5.96 Å². The largest absolute Gasteiger partial charge is 0.445 e. The molecule has 0 saturated heterocycles. The summed E-state index contributed by atoms with van der Waals surface area (Å²) in [4.78, 5) is 28.8. The van der Waals surface area contributed by atoms with Crippen molar-refractivity contribution in [2.75, 3.05) is 11.9 Å². The zero-order valence-corrected chi connectivity index (χ0v) is 16.6. The van der Waals surface area contributed by atoms with Gasteiger partial charge in [0.05, 0.1) is 6.61 Å². The monoisotopic (exact) mass is 413 g/mol. The van der Waals surface area contributed by atoms with Crippen molar-refractivity contribution < 1.29 is 19.4 Å². The molecule has 0 aromatic heterocycles. The summed E-state index contributed by atoms with van der Waals surface area (Å²) in [5, 5.41) is 14.5. The second-order valence-corrected chi connectivity index (χ2v) is 6.55. The van der Waals surface area contributed by atoms with E-state index in [1.165, 1.54) is 0 Å². The SMILES string of the molecule is NC(N)=NCCCC(NC(=O)OCc1ccccc1)C(=O)Nc1ccc(CO)cc1. The Morgan fingerprint density at radius 1 is 1.03 bits per heavy atom. The molecule has 0 saturated carbocycles. The molecule has 9 nitrogen and oxygen atoms in total. The molecule has 0 aliphatic heterocycles. The Hall–Kier alpha value is -3.59. The number of aliphatic hydroxyl groups is 1. The molecule has 2 aromatic rings. The van der Waals surface area contributed by atoms with Crippen molar-refractivity contribution in [3.8, 4) is 0 Å². The topological polar surface area (TPSA) is 152 Å². The van der Waals surface area contributed by atoms with E-state index in [9.17, 15) is 9.59 Å². The molecule has 30 heavy (non-hydrogen) atoms. The van der Waals surface area contributed by atoms with E-state index in [2.05, 4.69) is 15.6 Å². The average Bonchev–Trinajstić information content (AvgIpc) is 2.75. The van der Waals surface area contributed by atoms with Gasteiger partial charge in [-0.15, -0.1) is 0 Å². The number of aliphatic hydroxyl groups excluding tert-OH is 1. The molecule has 1 unspecified atom stereocenters. The van der Waals surface area contributed by atoms with Gasteiger partial charge in [0, 0.05) is 12.2 Å². The van der Waals surface area contributed by atoms with Gasteiger partial charge in [-0.2, -0.15) is 0 Å². The van der Waals surface area contributed by atoms with Crippen LogP contribution in [-0.2, 0) is 22.7 Å². The number of carbonyl (C=O) groups is 2. The maximum absolute atomic E-state index is 12.7. The number of guanidine groups is 1. The fraction of sp³-hybridized carbons (Fsp3) is 0.286. The van der Waals surface area contributed by atoms with Gasteiger partial charge in [-0.25, -0.2) is 4.79 Å². The first-order valence-corrected chi connectivity index (χ1v) is 9.51. The molecule has 0 radical (unpaired) electrons. The number of nitrogens with one attached hydrogen (secondary N) is 2. The molecule has 2 aromatic carbocycles. The number of benzene rings is 2. The molecule has 2 rings (SSSR count). The highest BCUT2D eigenvalue weighted by Crippen LogP contribution is 2.11. The van der Waals surface area contributed by atoms with Crippen molar-refractivity contribution in [2.24, 2.45) is 16.5 Å². The lowest BCUT2D eigenvalue weighted by atomic mass is 10.1. The Balaban J connectivity index is 1.95. The van der Waals surface area contributed by atoms with Gasteiger partial charge in [0.1, 0.15) is 12.6 Å². The van der Waals surface area contributed by atoms with Crippen LogP contribution in [0.5, 0.6) is 0 Å². The fourth-order valence-corrected chi connectivity index (χ4v) is 2.60. The highest BCUT2D eigenvalue weighted by atomic mass is 16.5. The van der Waals surface area contributed by atoms with Crippen LogP contribution in [0.4, 0.5) is 10.5 Å². The maximum Gasteiger partial charge on any atom is 0.408 e. The smallest absolute Gasteiger partial charge is 0.408 e. The summed E-state index contributed by atoms with van der Waals surface area (Å²) >= 11 is 0. The summed E-state index contributed by atoms with van der Waals surface area (Å²) in [6, 6.07) is 15.1. The maximum atomic E-state index is 12.7. The zero-order valence-electron chi connectivity index (χ0n) is 16.6. The van der Waals surface area contributed by atoms with Crippen LogP contribution in [0.3, 0.4) is 0 Å². The zero-order chi connectivity index (χ0) is 21.8. The molecule has 0 aliphatic carbocycles. The summed E-state index contributed by atoms with van der Waals surface area (Å²) in [6.07, 6.45) is 0.104. The van der Waals surface area contributed by atoms with Gasteiger partial charge in [-0.1, -0.05) is 42.5 Å². The minimum Gasteiger partial charge on any atom is -0.445 e. The molecule has 9 heteroatoms. The summed E-state index contributed by atoms with van der Waals surface area (Å²) in [7, 11) is 0. The van der Waals surface area contributed by atoms with Crippen molar-refractivity contribution in [1.82, 2.24) is 5.32 Å². The Kier molecular flexibility index (Phi) is 9.14. The lowest BCUT2D eigenvalue weighted by Gasteiger charge is -2.18. The third kappa shape index (κ3) is 8.19. The Morgan fingerprint density at radius 3 is 2.37 bits per heavy atom. The summed E-state index contributed by atoms with van der Waals surface area (Å²) in [5.41, 5.74) is 12.7. The van der Waals surface area contributed by atoms with E-state index in [4.69, 9.17) is 21.3 Å². The number of hydrogen-bond donors (Lipinski definition) is 5. The number of carbonyl (C=O) groups excluding carboxylic acids is 2. The number of aliphatic imine (C=N–C) groups is 1. The highest BCUT2D eigenvalue weighted by Gasteiger charge is 2.21. The van der Waals surface area contributed by atoms with Crippen molar-refractivity contribution >= 4 is 23.6 Å². The second-order valence-electron chi connectivity index (χ2n) is 6.55. The van der Waals surface area contributed by atoms with Crippen molar-refractivity contribution in [1.29, 1.82) is 0 Å². The fourth-order valence-electron chi connectivity index (χ4n) is 2.60. The van der Waals surface area contributed by atoms with E-state index in [1.807, 2.05) is 30.3 Å². The van der Waals surface area contributed by atoms with E-state index < -0.39 is 18.0 Å². The minimum atomic E-state index is -0.833. The molecule has 0 bridgehead atoms. The number of alkyl carbamates (subject to hydrolysis) is 1. The second kappa shape index (κ2) is 12.1. The quantitative estimate of drug-likeness (QED) is 0.226. The van der Waals surface area contributed by atoms with Gasteiger partial charge >= 0.3 is 6.09 Å². The molecule has 160 valence electrons. The van der Waals surface area contributed by atoms with Gasteiger partial charge in [-0.3, -0.25) is 9.79 Å². The first kappa shape index (κ1) is 22.7. The third-order valence-electron chi connectivity index (χ3n) is 4.17. The van der Waals surface area contributed by atoms with Crippen LogP contribution in [-0.4, -0.2) is 35.7 Å². The standard InChI is InChI=1S/C21H27N5O4/c22-20(23)24-12-4-7-18(19(28)25-17-10-8-15(13-27)9-11-17)26-21(29)30-14-16-5-2-1-3-6-16/h1-3,5-6,8-11,18,27H,4,7,12-14H2,(H,25,28)(H,26,29)(H4,22,23,24). The number of nitrogens with two attached hydrogens (primary N) is 2. The summed E-state index contributed by atoms with van der Waals surface area (Å²) in [6.45, 7) is 0.339. The molecular formula is C21H27N5O4. The highest BCUT2D eigenvalue weighted by molar-refractivity contribution is 5.96. The molecule has 1 atom stereocenters. The molecule has 7 N–H and O–H groups in total. The van der Waals surface area contributed by atoms with E-state index in [-0.39, 0.29) is 19.2 Å². The first-order chi connectivity index (χ1) is 14.5. The van der Waals surface area contributed by atoms with E-state index in [0.29, 0.717) is 25.1 Å². The Labute approximate surface area is 175 Å². The number of nitrogens with zero attached hydrogens (tertiary/aromatic N) is 1. The van der Waals surface area contributed by atoms with E-state index in [1.54, 1.807) is 24.3 Å². The van der Waals surface area contributed by atoms with Crippen LogP contribution in [0.1, 0.15) is 24.0 Å². The van der Waals surface area contributed by atoms with Crippen LogP contribution in [0.2, 0.25) is 0 Å². The van der Waals surface area contributed by atoms with Gasteiger partial charge in [0.25, 0.3) is 0 Å². The lowest BCUT2D eigenvalue weighted by Crippen LogP contribution is -2.44. The van der Waals surface area contributed by atoms with Crippen LogP contribution in [0.25, 0.3) is 0 Å². The predicted molar refractivity (Wildman–Crippen MR) is 114 cm³/mol. The first-order valence-electron chi connectivity index (χ1n) is 9.51. The van der Waals surface area contributed by atoms with Crippen LogP contribution in [0, 0.1) is 0 Å². The van der Waals surface area contributed by atoms with Crippen LogP contribution < -0.4 is 22.1 Å². The molecule has 2 amide bonds. The van der Waals surface area contributed by atoms with Crippen molar-refractivity contribution in [3.05, 3.63) is 65.7 Å². The lowest BCUT2D eigenvalue weighted by molar-refractivity contribution is -0.118. The molecule has 0 spiro atoms. The van der Waals surface area contributed by atoms with Crippen molar-refractivity contribution in [3.63, 3.8) is 0 Å². The predicted octanol–water partition coefficient (Wildman–Crippen LogP) is 1.47. The minimum absolute atomic E-state index is 0.0322. The number of hydrogen-bond acceptors (Lipinski definition) is 5. The van der Waals surface area contributed by atoms with Gasteiger partial charge in [0.2, 0.25) is 5.91 Å². The van der Waals surface area contributed by atoms with Crippen LogP contribution in [0.15, 0.2) is 59.6 Å². The molecule has 0 aliphatic rings. The van der Waals surface area contributed by atoms with E-state index in [0.717, 1.165) is 11.1 Å². The Bertz CT molecular complexity index is 836. The van der Waals surface area contributed by atoms with E-state index >= 15 is 0 Å². The van der Waals surface area contributed by atoms with Crippen molar-refractivity contribution in [2.45, 2.75) is 32.1 Å². The van der Waals surface area contributed by atoms with Crippen LogP contribution >= 0.6 is 0 Å². The number of ether oxygens (including phenoxy) is 1. The average molecular weight is 413 g/mol. The summed E-state index contributed by atoms with van der Waals surface area (Å²) < 4.78 is 5.21. The summed E-state index contributed by atoms with van der Waals surface area (Å²) in [5.74, 6) is -0.427. The normalized spacial score (nSPS) is 11.2. The number of rotatable bonds is 10. The third-order valence-corrected chi connectivity index (χ3v) is 4.17.